The number of urea groups is 1. The summed E-state index contributed by atoms with van der Waals surface area (Å²) in [5.74, 6) is 0.0427. The van der Waals surface area contributed by atoms with Gasteiger partial charge in [0.15, 0.2) is 5.78 Å². The molecule has 4 nitrogen and oxygen atoms in total. The van der Waals surface area contributed by atoms with E-state index in [1.807, 2.05) is 13.8 Å². The quantitative estimate of drug-likeness (QED) is 0.835. The lowest BCUT2D eigenvalue weighted by Crippen LogP contribution is -2.46. The van der Waals surface area contributed by atoms with E-state index >= 15 is 0 Å². The molecule has 1 aromatic rings. The van der Waals surface area contributed by atoms with E-state index in [4.69, 9.17) is 11.6 Å². The van der Waals surface area contributed by atoms with Crippen LogP contribution in [0.3, 0.4) is 0 Å². The molecule has 0 fully saturated rings. The summed E-state index contributed by atoms with van der Waals surface area (Å²) in [6.07, 6.45) is 0.348. The Morgan fingerprint density at radius 1 is 1.37 bits per heavy atom. The molecule has 19 heavy (non-hydrogen) atoms. The van der Waals surface area contributed by atoms with Crippen LogP contribution in [0.1, 0.15) is 30.6 Å². The average Bonchev–Trinajstić information content (AvgIpc) is 2.41. The molecule has 0 aromatic heterocycles. The number of benzene rings is 1. The Bertz CT molecular complexity index is 512. The second kappa shape index (κ2) is 5.61. The lowest BCUT2D eigenvalue weighted by Gasteiger charge is -2.33. The molecule has 1 aliphatic heterocycles. The van der Waals surface area contributed by atoms with Crippen LogP contribution in [0.15, 0.2) is 18.2 Å². The number of rotatable bonds is 2. The molecule has 0 saturated heterocycles. The molecule has 102 valence electrons. The monoisotopic (exact) mass is 280 g/mol. The van der Waals surface area contributed by atoms with Crippen molar-refractivity contribution in [3.8, 4) is 0 Å². The predicted molar refractivity (Wildman–Crippen MR) is 76.1 cm³/mol. The summed E-state index contributed by atoms with van der Waals surface area (Å²) >= 11 is 5.92. The van der Waals surface area contributed by atoms with Gasteiger partial charge in [0.2, 0.25) is 0 Å². The van der Waals surface area contributed by atoms with Crippen molar-refractivity contribution in [3.63, 3.8) is 0 Å². The highest BCUT2D eigenvalue weighted by Crippen LogP contribution is 2.30. The van der Waals surface area contributed by atoms with Crippen molar-refractivity contribution in [2.24, 2.45) is 0 Å². The van der Waals surface area contributed by atoms with Crippen molar-refractivity contribution in [2.75, 3.05) is 24.5 Å². The highest BCUT2D eigenvalue weighted by Gasteiger charge is 2.29. The fourth-order valence-electron chi connectivity index (χ4n) is 2.30. The van der Waals surface area contributed by atoms with E-state index in [0.29, 0.717) is 42.3 Å². The molecule has 0 spiro atoms. The Kier molecular flexibility index (Phi) is 4.10. The molecule has 0 radical (unpaired) electrons. The third-order valence-electron chi connectivity index (χ3n) is 3.38. The molecule has 1 aromatic carbocycles. The van der Waals surface area contributed by atoms with Gasteiger partial charge in [-0.3, -0.25) is 9.69 Å². The smallest absolute Gasteiger partial charge is 0.324 e. The zero-order chi connectivity index (χ0) is 14.0. The summed E-state index contributed by atoms with van der Waals surface area (Å²) in [6, 6.07) is 5.04. The number of halogens is 1. The van der Waals surface area contributed by atoms with Crippen molar-refractivity contribution >= 4 is 29.1 Å². The minimum Gasteiger partial charge on any atom is -0.325 e. The number of hydrogen-bond acceptors (Lipinski definition) is 2. The number of fused-ring (bicyclic) bond motifs is 1. The van der Waals surface area contributed by atoms with Gasteiger partial charge in [-0.2, -0.15) is 0 Å². The Labute approximate surface area is 117 Å². The number of hydrogen-bond donors (Lipinski definition) is 0. The molecule has 5 heteroatoms. The number of carbonyl (C=O) groups is 2. The van der Waals surface area contributed by atoms with Gasteiger partial charge in [0, 0.05) is 36.6 Å². The Hall–Kier alpha value is -1.55. The summed E-state index contributed by atoms with van der Waals surface area (Å²) in [5.41, 5.74) is 1.21. The van der Waals surface area contributed by atoms with Crippen molar-refractivity contribution in [1.29, 1.82) is 0 Å². The van der Waals surface area contributed by atoms with E-state index in [1.165, 1.54) is 0 Å². The van der Waals surface area contributed by atoms with Gasteiger partial charge >= 0.3 is 6.03 Å². The number of Topliss-reactive ketones (excluding diaryl/α,β-unsaturated/α-hetero) is 1. The van der Waals surface area contributed by atoms with Gasteiger partial charge in [-0.25, -0.2) is 4.79 Å². The normalized spacial score (nSPS) is 14.3. The summed E-state index contributed by atoms with van der Waals surface area (Å²) in [4.78, 5) is 27.7. The van der Waals surface area contributed by atoms with Gasteiger partial charge in [-0.05, 0) is 32.0 Å². The molecule has 0 saturated carbocycles. The number of amides is 2. The minimum absolute atomic E-state index is 0.0427. The summed E-state index contributed by atoms with van der Waals surface area (Å²) in [7, 11) is 0. The standard InChI is InChI=1S/C14H17ClN2O2/c1-3-16(4-2)14(19)17-8-7-13(18)11-9-10(15)5-6-12(11)17/h5-6,9H,3-4,7-8H2,1-2H3. The zero-order valence-electron chi connectivity index (χ0n) is 11.1. The van der Waals surface area contributed by atoms with E-state index in [1.54, 1.807) is 28.0 Å². The number of nitrogens with zero attached hydrogens (tertiary/aromatic N) is 2. The molecule has 1 heterocycles. The third-order valence-corrected chi connectivity index (χ3v) is 3.61. The van der Waals surface area contributed by atoms with Crippen LogP contribution in [0.4, 0.5) is 10.5 Å². The van der Waals surface area contributed by atoms with E-state index in [0.717, 1.165) is 0 Å². The van der Waals surface area contributed by atoms with Gasteiger partial charge < -0.3 is 4.90 Å². The lowest BCUT2D eigenvalue weighted by atomic mass is 10.0. The second-order valence-electron chi connectivity index (χ2n) is 4.44. The SMILES string of the molecule is CCN(CC)C(=O)N1CCC(=O)c2cc(Cl)ccc21. The first-order valence-corrected chi connectivity index (χ1v) is 6.85. The van der Waals surface area contributed by atoms with Crippen LogP contribution >= 0.6 is 11.6 Å². The maximum absolute atomic E-state index is 12.4. The first-order valence-electron chi connectivity index (χ1n) is 6.47. The van der Waals surface area contributed by atoms with Gasteiger partial charge in [-0.15, -0.1) is 0 Å². The zero-order valence-corrected chi connectivity index (χ0v) is 11.9. The molecule has 2 amide bonds. The molecule has 0 N–H and O–H groups in total. The van der Waals surface area contributed by atoms with Crippen LogP contribution in [0, 0.1) is 0 Å². The highest BCUT2D eigenvalue weighted by atomic mass is 35.5. The lowest BCUT2D eigenvalue weighted by molar-refractivity contribution is 0.0980. The fraction of sp³-hybridized carbons (Fsp3) is 0.429. The second-order valence-corrected chi connectivity index (χ2v) is 4.88. The van der Waals surface area contributed by atoms with E-state index in [9.17, 15) is 9.59 Å². The fourth-order valence-corrected chi connectivity index (χ4v) is 2.47. The van der Waals surface area contributed by atoms with Crippen LogP contribution < -0.4 is 4.90 Å². The first-order chi connectivity index (χ1) is 9.08. The van der Waals surface area contributed by atoms with Gasteiger partial charge in [0.25, 0.3) is 0 Å². The third kappa shape index (κ3) is 2.59. The molecule has 0 aliphatic carbocycles. The summed E-state index contributed by atoms with van der Waals surface area (Å²) < 4.78 is 0. The van der Waals surface area contributed by atoms with Crippen molar-refractivity contribution in [3.05, 3.63) is 28.8 Å². The number of carbonyl (C=O) groups excluding carboxylic acids is 2. The van der Waals surface area contributed by atoms with Crippen molar-refractivity contribution < 1.29 is 9.59 Å². The van der Waals surface area contributed by atoms with Gasteiger partial charge in [0.1, 0.15) is 0 Å². The maximum atomic E-state index is 12.4. The first kappa shape index (κ1) is 13.9. The summed E-state index contributed by atoms with van der Waals surface area (Å²) in [5, 5.41) is 0.518. The molecule has 2 rings (SSSR count). The van der Waals surface area contributed by atoms with Crippen LogP contribution in [-0.4, -0.2) is 36.3 Å². The highest BCUT2D eigenvalue weighted by molar-refractivity contribution is 6.31. The Balaban J connectivity index is 2.38. The average molecular weight is 281 g/mol. The van der Waals surface area contributed by atoms with Crippen LogP contribution in [-0.2, 0) is 0 Å². The van der Waals surface area contributed by atoms with E-state index in [-0.39, 0.29) is 11.8 Å². The van der Waals surface area contributed by atoms with Gasteiger partial charge in [0.05, 0.1) is 5.69 Å². The molecule has 0 bridgehead atoms. The predicted octanol–water partition coefficient (Wildman–Crippen LogP) is 3.19. The van der Waals surface area contributed by atoms with Crippen molar-refractivity contribution in [1.82, 2.24) is 4.90 Å². The van der Waals surface area contributed by atoms with Crippen LogP contribution in [0.5, 0.6) is 0 Å². The molecule has 0 unspecified atom stereocenters. The molecule has 1 aliphatic rings. The van der Waals surface area contributed by atoms with Crippen molar-refractivity contribution in [2.45, 2.75) is 20.3 Å². The Morgan fingerprint density at radius 3 is 2.68 bits per heavy atom. The Morgan fingerprint density at radius 2 is 2.05 bits per heavy atom. The van der Waals surface area contributed by atoms with Crippen LogP contribution in [0.25, 0.3) is 0 Å². The van der Waals surface area contributed by atoms with Gasteiger partial charge in [-0.1, -0.05) is 11.6 Å². The topological polar surface area (TPSA) is 40.6 Å². The number of ketones is 1. The van der Waals surface area contributed by atoms with Crippen LogP contribution in [0.2, 0.25) is 5.02 Å². The maximum Gasteiger partial charge on any atom is 0.324 e. The largest absolute Gasteiger partial charge is 0.325 e. The molecule has 0 atom stereocenters. The molecular weight excluding hydrogens is 264 g/mol. The minimum atomic E-state index is -0.0546. The number of anilines is 1. The summed E-state index contributed by atoms with van der Waals surface area (Å²) in [6.45, 7) is 5.63. The molecular formula is C14H17ClN2O2. The van der Waals surface area contributed by atoms with E-state index < -0.39 is 0 Å². The van der Waals surface area contributed by atoms with E-state index in [2.05, 4.69) is 0 Å².